The molecule has 0 aliphatic carbocycles. The van der Waals surface area contributed by atoms with E-state index in [1.807, 2.05) is 97.1 Å². The van der Waals surface area contributed by atoms with Crippen molar-refractivity contribution >= 4 is 29.0 Å². The number of hydrogen-bond donors (Lipinski definition) is 0. The average Bonchev–Trinajstić information content (AvgIpc) is 2.77. The predicted octanol–water partition coefficient (Wildman–Crippen LogP) is 5.57. The standard InChI is InChI=1S/C23H18N4O/c28-23(26(19-11-3-1-4-12-19)21-15-7-9-17-24-21)27(20-13-5-2-6-14-20)22-16-8-10-18-25-22/h1-18H. The van der Waals surface area contributed by atoms with E-state index in [-0.39, 0.29) is 6.03 Å². The van der Waals surface area contributed by atoms with Crippen LogP contribution in [0.4, 0.5) is 27.8 Å². The fourth-order valence-electron chi connectivity index (χ4n) is 2.91. The van der Waals surface area contributed by atoms with Gasteiger partial charge in [-0.2, -0.15) is 0 Å². The summed E-state index contributed by atoms with van der Waals surface area (Å²) >= 11 is 0. The zero-order valence-corrected chi connectivity index (χ0v) is 15.1. The van der Waals surface area contributed by atoms with Crippen LogP contribution in [-0.2, 0) is 0 Å². The van der Waals surface area contributed by atoms with Gasteiger partial charge in [-0.15, -0.1) is 0 Å². The Morgan fingerprint density at radius 2 is 0.929 bits per heavy atom. The first-order valence-corrected chi connectivity index (χ1v) is 8.91. The molecular formula is C23H18N4O. The Hall–Kier alpha value is -3.99. The van der Waals surface area contributed by atoms with Gasteiger partial charge in [-0.1, -0.05) is 48.5 Å². The fraction of sp³-hybridized carbons (Fsp3) is 0. The molecule has 0 aliphatic heterocycles. The summed E-state index contributed by atoms with van der Waals surface area (Å²) in [6.45, 7) is 0. The third kappa shape index (κ3) is 3.59. The van der Waals surface area contributed by atoms with E-state index in [9.17, 15) is 4.79 Å². The number of amides is 2. The topological polar surface area (TPSA) is 49.3 Å². The first kappa shape index (κ1) is 17.4. The van der Waals surface area contributed by atoms with Gasteiger partial charge < -0.3 is 0 Å². The number of aromatic nitrogens is 2. The SMILES string of the molecule is O=C(N(c1ccccc1)c1ccccn1)N(c1ccccc1)c1ccccn1. The van der Waals surface area contributed by atoms with Crippen LogP contribution in [0.2, 0.25) is 0 Å². The van der Waals surface area contributed by atoms with Crippen molar-refractivity contribution in [3.63, 3.8) is 0 Å². The minimum absolute atomic E-state index is 0.269. The van der Waals surface area contributed by atoms with E-state index < -0.39 is 0 Å². The maximum atomic E-state index is 13.8. The molecule has 2 aromatic carbocycles. The van der Waals surface area contributed by atoms with Crippen molar-refractivity contribution < 1.29 is 4.79 Å². The van der Waals surface area contributed by atoms with Gasteiger partial charge in [0.25, 0.3) is 0 Å². The highest BCUT2D eigenvalue weighted by molar-refractivity contribution is 6.11. The molecule has 0 saturated carbocycles. The van der Waals surface area contributed by atoms with Crippen LogP contribution in [0, 0.1) is 0 Å². The molecule has 0 saturated heterocycles. The molecule has 2 aromatic heterocycles. The Kier molecular flexibility index (Phi) is 5.06. The van der Waals surface area contributed by atoms with E-state index in [0.29, 0.717) is 11.6 Å². The second kappa shape index (κ2) is 8.14. The van der Waals surface area contributed by atoms with Crippen LogP contribution < -0.4 is 9.80 Å². The molecule has 4 rings (SSSR count). The molecule has 0 atom stereocenters. The van der Waals surface area contributed by atoms with E-state index in [1.165, 1.54) is 0 Å². The van der Waals surface area contributed by atoms with Crippen LogP contribution in [0.25, 0.3) is 0 Å². The molecule has 0 bridgehead atoms. The van der Waals surface area contributed by atoms with Gasteiger partial charge >= 0.3 is 6.03 Å². The molecule has 0 spiro atoms. The van der Waals surface area contributed by atoms with Crippen LogP contribution >= 0.6 is 0 Å². The van der Waals surface area contributed by atoms with Gasteiger partial charge in [-0.3, -0.25) is 0 Å². The second-order valence-corrected chi connectivity index (χ2v) is 6.00. The Labute approximate surface area is 163 Å². The van der Waals surface area contributed by atoms with E-state index in [1.54, 1.807) is 22.2 Å². The van der Waals surface area contributed by atoms with Crippen LogP contribution in [-0.4, -0.2) is 16.0 Å². The number of urea groups is 1. The highest BCUT2D eigenvalue weighted by Gasteiger charge is 2.28. The van der Waals surface area contributed by atoms with Gasteiger partial charge in [0.1, 0.15) is 11.6 Å². The van der Waals surface area contributed by atoms with Crippen LogP contribution in [0.3, 0.4) is 0 Å². The van der Waals surface area contributed by atoms with Gasteiger partial charge in [0.2, 0.25) is 0 Å². The smallest absolute Gasteiger partial charge is 0.247 e. The highest BCUT2D eigenvalue weighted by atomic mass is 16.2. The first-order chi connectivity index (χ1) is 13.8. The monoisotopic (exact) mass is 366 g/mol. The summed E-state index contributed by atoms with van der Waals surface area (Å²) in [4.78, 5) is 25.8. The summed E-state index contributed by atoms with van der Waals surface area (Å²) in [6, 6.07) is 29.7. The van der Waals surface area contributed by atoms with E-state index in [0.717, 1.165) is 11.4 Å². The summed E-state index contributed by atoms with van der Waals surface area (Å²) in [5, 5.41) is 0. The van der Waals surface area contributed by atoms with Crippen molar-refractivity contribution in [3.05, 3.63) is 109 Å². The van der Waals surface area contributed by atoms with Crippen molar-refractivity contribution in [2.75, 3.05) is 9.80 Å². The predicted molar refractivity (Wildman–Crippen MR) is 111 cm³/mol. The number of rotatable bonds is 4. The average molecular weight is 366 g/mol. The van der Waals surface area contributed by atoms with Gasteiger partial charge in [0, 0.05) is 12.4 Å². The maximum absolute atomic E-state index is 13.8. The Balaban J connectivity index is 1.85. The van der Waals surface area contributed by atoms with E-state index >= 15 is 0 Å². The molecule has 0 aliphatic rings. The third-order valence-corrected chi connectivity index (χ3v) is 4.17. The molecule has 0 N–H and O–H groups in total. The van der Waals surface area contributed by atoms with Gasteiger partial charge in [-0.25, -0.2) is 24.6 Å². The Bertz CT molecular complexity index is 861. The zero-order chi connectivity index (χ0) is 19.2. The second-order valence-electron chi connectivity index (χ2n) is 6.00. The number of carbonyl (C=O) groups excluding carboxylic acids is 1. The quantitative estimate of drug-likeness (QED) is 0.474. The zero-order valence-electron chi connectivity index (χ0n) is 15.1. The Morgan fingerprint density at radius 3 is 1.29 bits per heavy atom. The number of nitrogens with zero attached hydrogens (tertiary/aromatic N) is 4. The van der Waals surface area contributed by atoms with Crippen LogP contribution in [0.1, 0.15) is 0 Å². The van der Waals surface area contributed by atoms with E-state index in [2.05, 4.69) is 9.97 Å². The number of carbonyl (C=O) groups is 1. The van der Waals surface area contributed by atoms with Gasteiger partial charge in [0.05, 0.1) is 11.4 Å². The van der Waals surface area contributed by atoms with Crippen molar-refractivity contribution in [2.45, 2.75) is 0 Å². The summed E-state index contributed by atoms with van der Waals surface area (Å²) in [6.07, 6.45) is 3.35. The number of hydrogen-bond acceptors (Lipinski definition) is 3. The maximum Gasteiger partial charge on any atom is 0.340 e. The summed E-state index contributed by atoms with van der Waals surface area (Å²) in [7, 11) is 0. The molecule has 5 heteroatoms. The lowest BCUT2D eigenvalue weighted by Crippen LogP contribution is -2.39. The summed E-state index contributed by atoms with van der Waals surface area (Å²) < 4.78 is 0. The van der Waals surface area contributed by atoms with Crippen molar-refractivity contribution in [1.29, 1.82) is 0 Å². The number of anilines is 4. The molecule has 2 amide bonds. The van der Waals surface area contributed by atoms with Crippen molar-refractivity contribution in [2.24, 2.45) is 0 Å². The van der Waals surface area contributed by atoms with Gasteiger partial charge in [0.15, 0.2) is 0 Å². The molecule has 5 nitrogen and oxygen atoms in total. The molecule has 0 fully saturated rings. The molecule has 4 aromatic rings. The number of benzene rings is 2. The summed E-state index contributed by atoms with van der Waals surface area (Å²) in [5.74, 6) is 1.08. The number of para-hydroxylation sites is 2. The molecule has 136 valence electrons. The van der Waals surface area contributed by atoms with Crippen molar-refractivity contribution in [3.8, 4) is 0 Å². The fourth-order valence-corrected chi connectivity index (χ4v) is 2.91. The lowest BCUT2D eigenvalue weighted by molar-refractivity contribution is 0.255. The highest BCUT2D eigenvalue weighted by Crippen LogP contribution is 2.30. The van der Waals surface area contributed by atoms with Crippen molar-refractivity contribution in [1.82, 2.24) is 9.97 Å². The lowest BCUT2D eigenvalue weighted by atomic mass is 10.2. The lowest BCUT2D eigenvalue weighted by Gasteiger charge is -2.29. The third-order valence-electron chi connectivity index (χ3n) is 4.17. The summed E-state index contributed by atoms with van der Waals surface area (Å²) in [5.41, 5.74) is 1.45. The minimum Gasteiger partial charge on any atom is -0.247 e. The van der Waals surface area contributed by atoms with Crippen LogP contribution in [0.15, 0.2) is 109 Å². The minimum atomic E-state index is -0.269. The Morgan fingerprint density at radius 1 is 0.536 bits per heavy atom. The largest absolute Gasteiger partial charge is 0.340 e. The van der Waals surface area contributed by atoms with E-state index in [4.69, 9.17) is 0 Å². The molecular weight excluding hydrogens is 348 g/mol. The first-order valence-electron chi connectivity index (χ1n) is 8.91. The number of pyridine rings is 2. The molecule has 2 heterocycles. The molecule has 0 radical (unpaired) electrons. The molecule has 28 heavy (non-hydrogen) atoms. The van der Waals surface area contributed by atoms with Gasteiger partial charge in [-0.05, 0) is 48.5 Å². The van der Waals surface area contributed by atoms with Crippen LogP contribution in [0.5, 0.6) is 0 Å². The normalized spacial score (nSPS) is 10.3. The molecule has 0 unspecified atom stereocenters.